The fourth-order valence-corrected chi connectivity index (χ4v) is 5.10. The topological polar surface area (TPSA) is 66.5 Å². The van der Waals surface area contributed by atoms with Crippen LogP contribution < -0.4 is 9.62 Å². The van der Waals surface area contributed by atoms with Crippen LogP contribution in [0, 0.1) is 6.92 Å². The van der Waals surface area contributed by atoms with E-state index in [0.717, 1.165) is 17.8 Å². The van der Waals surface area contributed by atoms with E-state index < -0.39 is 16.1 Å². The second-order valence-corrected chi connectivity index (χ2v) is 9.55. The Balaban J connectivity index is 1.94. The molecule has 0 unspecified atom stereocenters. The van der Waals surface area contributed by atoms with E-state index in [2.05, 4.69) is 24.4 Å². The fraction of sp³-hybridized carbons (Fsp3) is 0.381. The number of para-hydroxylation sites is 1. The molecule has 0 aliphatic heterocycles. The van der Waals surface area contributed by atoms with Crippen LogP contribution >= 0.6 is 11.8 Å². The summed E-state index contributed by atoms with van der Waals surface area (Å²) in [6, 6.07) is 16.2. The lowest BCUT2D eigenvalue weighted by Crippen LogP contribution is -2.49. The van der Waals surface area contributed by atoms with Crippen LogP contribution in [0.1, 0.15) is 24.5 Å². The molecule has 0 bridgehead atoms. The second kappa shape index (κ2) is 10.5. The zero-order valence-electron chi connectivity index (χ0n) is 16.6. The molecular weight excluding hydrogens is 392 g/mol. The van der Waals surface area contributed by atoms with Gasteiger partial charge in [-0.15, -0.1) is 0 Å². The van der Waals surface area contributed by atoms with E-state index >= 15 is 0 Å². The minimum Gasteiger partial charge on any atom is -0.353 e. The van der Waals surface area contributed by atoms with Crippen LogP contribution in [0.25, 0.3) is 0 Å². The minimum atomic E-state index is -3.58. The zero-order valence-corrected chi connectivity index (χ0v) is 18.2. The monoisotopic (exact) mass is 420 g/mol. The summed E-state index contributed by atoms with van der Waals surface area (Å²) in [7, 11) is -3.58. The highest BCUT2D eigenvalue weighted by Crippen LogP contribution is 2.22. The van der Waals surface area contributed by atoms with Crippen LogP contribution in [0.4, 0.5) is 5.69 Å². The average molecular weight is 421 g/mol. The summed E-state index contributed by atoms with van der Waals surface area (Å²) >= 11 is 1.75. The van der Waals surface area contributed by atoms with Crippen molar-refractivity contribution in [3.8, 4) is 0 Å². The first-order valence-electron chi connectivity index (χ1n) is 9.29. The molecule has 28 heavy (non-hydrogen) atoms. The number of nitrogens with one attached hydrogen (secondary N) is 1. The number of hydrogen-bond donors (Lipinski definition) is 1. The Hall–Kier alpha value is -1.99. The van der Waals surface area contributed by atoms with Gasteiger partial charge in [-0.25, -0.2) is 8.42 Å². The highest BCUT2D eigenvalue weighted by atomic mass is 32.2. The summed E-state index contributed by atoms with van der Waals surface area (Å²) in [5.74, 6) is 1.38. The standard InChI is InChI=1S/C21H28N2O3S2/c1-4-20(23(28(3,25)26)19-12-6-5-7-13-19)21(24)22-14-15-27-16-18-11-9-8-10-17(18)2/h5-13,20H,4,14-16H2,1-3H3,(H,22,24)/t20-/m0/s1. The molecule has 0 aliphatic carbocycles. The first-order valence-corrected chi connectivity index (χ1v) is 12.3. The molecule has 0 heterocycles. The predicted octanol–water partition coefficient (Wildman–Crippen LogP) is 3.59. The lowest BCUT2D eigenvalue weighted by atomic mass is 10.1. The van der Waals surface area contributed by atoms with Gasteiger partial charge in [0, 0.05) is 18.1 Å². The molecule has 0 radical (unpaired) electrons. The molecule has 152 valence electrons. The summed E-state index contributed by atoms with van der Waals surface area (Å²) < 4.78 is 25.9. The largest absolute Gasteiger partial charge is 0.353 e. The van der Waals surface area contributed by atoms with Crippen molar-refractivity contribution in [3.63, 3.8) is 0 Å². The number of carbonyl (C=O) groups excluding carboxylic acids is 1. The lowest BCUT2D eigenvalue weighted by molar-refractivity contribution is -0.122. The Morgan fingerprint density at radius 1 is 1.11 bits per heavy atom. The molecule has 0 saturated carbocycles. The molecule has 1 N–H and O–H groups in total. The number of nitrogens with zero attached hydrogens (tertiary/aromatic N) is 1. The summed E-state index contributed by atoms with van der Waals surface area (Å²) in [6.07, 6.45) is 1.53. The van der Waals surface area contributed by atoms with Crippen molar-refractivity contribution in [2.45, 2.75) is 32.1 Å². The lowest BCUT2D eigenvalue weighted by Gasteiger charge is -2.30. The van der Waals surface area contributed by atoms with Gasteiger partial charge in [0.05, 0.1) is 11.9 Å². The fourth-order valence-electron chi connectivity index (χ4n) is 2.95. The molecule has 0 saturated heterocycles. The molecule has 0 spiro atoms. The Morgan fingerprint density at radius 3 is 2.36 bits per heavy atom. The maximum atomic E-state index is 12.7. The smallest absolute Gasteiger partial charge is 0.243 e. The third-order valence-electron chi connectivity index (χ3n) is 4.40. The van der Waals surface area contributed by atoms with E-state index in [1.54, 1.807) is 36.0 Å². The summed E-state index contributed by atoms with van der Waals surface area (Å²) in [5.41, 5.74) is 3.05. The van der Waals surface area contributed by atoms with Gasteiger partial charge in [0.25, 0.3) is 0 Å². The predicted molar refractivity (Wildman–Crippen MR) is 118 cm³/mol. The number of thioether (sulfide) groups is 1. The molecule has 7 heteroatoms. The highest BCUT2D eigenvalue weighted by molar-refractivity contribution is 7.98. The molecule has 1 amide bonds. The highest BCUT2D eigenvalue weighted by Gasteiger charge is 2.31. The van der Waals surface area contributed by atoms with E-state index in [9.17, 15) is 13.2 Å². The van der Waals surface area contributed by atoms with Gasteiger partial charge in [-0.1, -0.05) is 49.4 Å². The maximum absolute atomic E-state index is 12.7. The van der Waals surface area contributed by atoms with Crippen molar-refractivity contribution in [3.05, 3.63) is 65.7 Å². The van der Waals surface area contributed by atoms with Crippen LogP contribution in [0.15, 0.2) is 54.6 Å². The van der Waals surface area contributed by atoms with E-state index in [4.69, 9.17) is 0 Å². The molecule has 2 aromatic carbocycles. The van der Waals surface area contributed by atoms with Crippen LogP contribution in [-0.2, 0) is 20.6 Å². The number of rotatable bonds is 10. The summed E-state index contributed by atoms with van der Waals surface area (Å²) in [5, 5.41) is 2.89. The van der Waals surface area contributed by atoms with Gasteiger partial charge in [-0.05, 0) is 36.6 Å². The zero-order chi connectivity index (χ0) is 20.6. The SMILES string of the molecule is CC[C@@H](C(=O)NCCSCc1ccccc1C)N(c1ccccc1)S(C)(=O)=O. The van der Waals surface area contributed by atoms with Crippen LogP contribution in [0.2, 0.25) is 0 Å². The van der Waals surface area contributed by atoms with Crippen molar-refractivity contribution >= 4 is 33.4 Å². The first kappa shape index (κ1) is 22.3. The Labute approximate surface area is 172 Å². The van der Waals surface area contributed by atoms with Crippen LogP contribution in [-0.4, -0.2) is 38.9 Å². The van der Waals surface area contributed by atoms with E-state index in [1.807, 2.05) is 25.1 Å². The minimum absolute atomic E-state index is 0.270. The third kappa shape index (κ3) is 6.27. The van der Waals surface area contributed by atoms with Gasteiger partial charge in [-0.2, -0.15) is 11.8 Å². The number of benzene rings is 2. The average Bonchev–Trinajstić information content (AvgIpc) is 2.66. The van der Waals surface area contributed by atoms with Crippen molar-refractivity contribution in [1.29, 1.82) is 0 Å². The number of aryl methyl sites for hydroxylation is 1. The van der Waals surface area contributed by atoms with Gasteiger partial charge in [-0.3, -0.25) is 9.10 Å². The molecule has 0 aliphatic rings. The molecular formula is C21H28N2O3S2. The molecule has 2 rings (SSSR count). The molecule has 5 nitrogen and oxygen atoms in total. The van der Waals surface area contributed by atoms with E-state index in [-0.39, 0.29) is 5.91 Å². The van der Waals surface area contributed by atoms with Gasteiger partial charge in [0.1, 0.15) is 6.04 Å². The summed E-state index contributed by atoms with van der Waals surface area (Å²) in [4.78, 5) is 12.7. The van der Waals surface area contributed by atoms with E-state index in [0.29, 0.717) is 18.7 Å². The summed E-state index contributed by atoms with van der Waals surface area (Å²) in [6.45, 7) is 4.41. The van der Waals surface area contributed by atoms with Gasteiger partial charge < -0.3 is 5.32 Å². The third-order valence-corrected chi connectivity index (χ3v) is 6.59. The Morgan fingerprint density at radius 2 is 1.75 bits per heavy atom. The Bertz CT molecular complexity index is 870. The molecule has 2 aromatic rings. The van der Waals surface area contributed by atoms with Crippen LogP contribution in [0.3, 0.4) is 0 Å². The number of amides is 1. The number of sulfonamides is 1. The Kier molecular flexibility index (Phi) is 8.38. The number of hydrogen-bond acceptors (Lipinski definition) is 4. The normalized spacial score (nSPS) is 12.4. The van der Waals surface area contributed by atoms with Gasteiger partial charge in [0.2, 0.25) is 15.9 Å². The van der Waals surface area contributed by atoms with Crippen LogP contribution in [0.5, 0.6) is 0 Å². The number of carbonyl (C=O) groups is 1. The number of anilines is 1. The van der Waals surface area contributed by atoms with Gasteiger partial charge >= 0.3 is 0 Å². The van der Waals surface area contributed by atoms with Crippen molar-refractivity contribution in [1.82, 2.24) is 5.32 Å². The van der Waals surface area contributed by atoms with Crippen molar-refractivity contribution < 1.29 is 13.2 Å². The van der Waals surface area contributed by atoms with Crippen molar-refractivity contribution in [2.24, 2.45) is 0 Å². The maximum Gasteiger partial charge on any atom is 0.243 e. The van der Waals surface area contributed by atoms with E-state index in [1.165, 1.54) is 15.4 Å². The molecule has 0 aromatic heterocycles. The van der Waals surface area contributed by atoms with Gasteiger partial charge in [0.15, 0.2) is 0 Å². The van der Waals surface area contributed by atoms with Crippen molar-refractivity contribution in [2.75, 3.05) is 22.9 Å². The first-order chi connectivity index (χ1) is 13.3. The quantitative estimate of drug-likeness (QED) is 0.597. The second-order valence-electron chi connectivity index (χ2n) is 6.59. The molecule has 0 fully saturated rings. The molecule has 1 atom stereocenters.